The Kier molecular flexibility index (Phi) is 7.08. The Morgan fingerprint density at radius 1 is 1.26 bits per heavy atom. The Morgan fingerprint density at radius 2 is 1.94 bits per heavy atom. The van der Waals surface area contributed by atoms with Gasteiger partial charge in [-0.3, -0.25) is 14.7 Å². The summed E-state index contributed by atoms with van der Waals surface area (Å²) in [5.41, 5.74) is 2.84. The van der Waals surface area contributed by atoms with E-state index in [0.717, 1.165) is 22.4 Å². The van der Waals surface area contributed by atoms with Gasteiger partial charge in [-0.15, -0.1) is 11.3 Å². The summed E-state index contributed by atoms with van der Waals surface area (Å²) in [6, 6.07) is 7.56. The Balaban J connectivity index is 1.47. The summed E-state index contributed by atoms with van der Waals surface area (Å²) in [5, 5.41) is 3.41. The van der Waals surface area contributed by atoms with E-state index in [2.05, 4.69) is 29.0 Å². The van der Waals surface area contributed by atoms with Gasteiger partial charge in [-0.25, -0.2) is 17.8 Å². The van der Waals surface area contributed by atoms with E-state index in [1.54, 1.807) is 18.3 Å². The van der Waals surface area contributed by atoms with Gasteiger partial charge in [-0.2, -0.15) is 0 Å². The van der Waals surface area contributed by atoms with Gasteiger partial charge in [-0.05, 0) is 49.1 Å². The summed E-state index contributed by atoms with van der Waals surface area (Å²) in [6.45, 7) is 8.60. The number of pyridine rings is 1. The van der Waals surface area contributed by atoms with Crippen molar-refractivity contribution in [2.75, 3.05) is 11.6 Å². The predicted octanol–water partition coefficient (Wildman–Crippen LogP) is 4.84. The quantitative estimate of drug-likeness (QED) is 0.483. The first-order chi connectivity index (χ1) is 16.4. The number of aromatic nitrogens is 2. The number of aryl methyl sites for hydroxylation is 1. The van der Waals surface area contributed by atoms with Gasteiger partial charge in [0.15, 0.2) is 15.0 Å². The number of rotatable bonds is 7. The van der Waals surface area contributed by atoms with Gasteiger partial charge in [0.2, 0.25) is 5.91 Å². The molecule has 1 aliphatic rings. The molecule has 3 aromatic rings. The van der Waals surface area contributed by atoms with Crippen LogP contribution in [0, 0.1) is 18.7 Å². The molecule has 1 aliphatic heterocycles. The second-order valence-electron chi connectivity index (χ2n) is 9.39. The number of amides is 1. The van der Waals surface area contributed by atoms with Gasteiger partial charge in [-0.1, -0.05) is 26.0 Å². The fraction of sp³-hybridized carbons (Fsp3) is 0.400. The maximum absolute atomic E-state index is 14.6. The molecule has 0 unspecified atom stereocenters. The number of carbonyl (C=O) groups excluding carboxylic acids is 1. The first kappa shape index (κ1) is 25.4. The molecule has 0 saturated carbocycles. The number of fused-ring (bicyclic) bond motifs is 1. The number of thiazole rings is 1. The van der Waals surface area contributed by atoms with E-state index in [0.29, 0.717) is 22.9 Å². The van der Waals surface area contributed by atoms with Crippen molar-refractivity contribution < 1.29 is 17.6 Å². The molecule has 0 aliphatic carbocycles. The molecule has 1 amide bonds. The van der Waals surface area contributed by atoms with Crippen LogP contribution in [0.5, 0.6) is 0 Å². The number of sulfone groups is 1. The van der Waals surface area contributed by atoms with E-state index < -0.39 is 9.84 Å². The van der Waals surface area contributed by atoms with Crippen LogP contribution in [0.25, 0.3) is 0 Å². The van der Waals surface area contributed by atoms with Crippen LogP contribution in [0.2, 0.25) is 0 Å². The van der Waals surface area contributed by atoms with E-state index in [1.807, 2.05) is 13.8 Å². The van der Waals surface area contributed by atoms with Crippen molar-refractivity contribution in [3.63, 3.8) is 0 Å². The molecule has 35 heavy (non-hydrogen) atoms. The van der Waals surface area contributed by atoms with Gasteiger partial charge in [0.1, 0.15) is 5.82 Å². The van der Waals surface area contributed by atoms with Crippen molar-refractivity contribution in [1.29, 1.82) is 0 Å². The summed E-state index contributed by atoms with van der Waals surface area (Å²) in [4.78, 5) is 25.2. The third-order valence-electron chi connectivity index (χ3n) is 6.18. The lowest BCUT2D eigenvalue weighted by atomic mass is 9.99. The molecule has 4 rings (SSSR count). The molecular formula is C25H29FN4O3S2. The monoisotopic (exact) mass is 516 g/mol. The minimum Gasteiger partial charge on any atom is -0.302 e. The molecule has 0 saturated heterocycles. The first-order valence-electron chi connectivity index (χ1n) is 11.4. The van der Waals surface area contributed by atoms with Gasteiger partial charge < -0.3 is 5.32 Å². The lowest BCUT2D eigenvalue weighted by molar-refractivity contribution is -0.115. The van der Waals surface area contributed by atoms with Crippen molar-refractivity contribution in [2.45, 2.75) is 57.6 Å². The molecule has 7 nitrogen and oxygen atoms in total. The SMILES string of the molecule is Cc1cnc([C@@H](C)N2Cc3sc(NC(=O)Cc4ccc(S(C)(=O)=O)cc4)nc3[C@@H]2C(C)C)c(F)c1. The van der Waals surface area contributed by atoms with Crippen LogP contribution < -0.4 is 5.32 Å². The Morgan fingerprint density at radius 3 is 2.54 bits per heavy atom. The second kappa shape index (κ2) is 9.75. The number of hydrogen-bond acceptors (Lipinski definition) is 7. The van der Waals surface area contributed by atoms with E-state index in [4.69, 9.17) is 4.98 Å². The predicted molar refractivity (Wildman–Crippen MR) is 134 cm³/mol. The molecule has 0 fully saturated rings. The van der Waals surface area contributed by atoms with Crippen molar-refractivity contribution in [2.24, 2.45) is 5.92 Å². The lowest BCUT2D eigenvalue weighted by Crippen LogP contribution is -2.30. The molecule has 3 heterocycles. The zero-order valence-corrected chi connectivity index (χ0v) is 22.0. The summed E-state index contributed by atoms with van der Waals surface area (Å²) in [7, 11) is -3.28. The van der Waals surface area contributed by atoms with Crippen molar-refractivity contribution in [1.82, 2.24) is 14.9 Å². The third-order valence-corrected chi connectivity index (χ3v) is 8.28. The van der Waals surface area contributed by atoms with E-state index in [-0.39, 0.29) is 41.0 Å². The van der Waals surface area contributed by atoms with Crippen molar-refractivity contribution in [3.8, 4) is 0 Å². The highest BCUT2D eigenvalue weighted by Gasteiger charge is 2.39. The van der Waals surface area contributed by atoms with Crippen LogP contribution in [-0.4, -0.2) is 35.4 Å². The van der Waals surface area contributed by atoms with Crippen LogP contribution in [0.3, 0.4) is 0 Å². The summed E-state index contributed by atoms with van der Waals surface area (Å²) < 4.78 is 37.9. The fourth-order valence-electron chi connectivity index (χ4n) is 4.47. The number of nitrogens with zero attached hydrogens (tertiary/aromatic N) is 3. The van der Waals surface area contributed by atoms with Crippen LogP contribution >= 0.6 is 11.3 Å². The molecule has 2 aromatic heterocycles. The normalized spacial score (nSPS) is 16.9. The number of hydrogen-bond donors (Lipinski definition) is 1. The van der Waals surface area contributed by atoms with E-state index in [1.165, 1.54) is 29.5 Å². The van der Waals surface area contributed by atoms with Gasteiger partial charge in [0.25, 0.3) is 0 Å². The van der Waals surface area contributed by atoms with Gasteiger partial charge in [0, 0.05) is 23.9 Å². The third kappa shape index (κ3) is 5.44. The number of anilines is 1. The van der Waals surface area contributed by atoms with Crippen molar-refractivity contribution >= 4 is 32.2 Å². The number of halogens is 1. The summed E-state index contributed by atoms with van der Waals surface area (Å²) >= 11 is 1.43. The number of carbonyl (C=O) groups is 1. The largest absolute Gasteiger partial charge is 0.302 e. The Bertz CT molecular complexity index is 1350. The molecule has 0 radical (unpaired) electrons. The van der Waals surface area contributed by atoms with Gasteiger partial charge >= 0.3 is 0 Å². The van der Waals surface area contributed by atoms with E-state index >= 15 is 0 Å². The average Bonchev–Trinajstić information content (AvgIpc) is 3.29. The number of benzene rings is 1. The zero-order valence-electron chi connectivity index (χ0n) is 20.4. The highest BCUT2D eigenvalue weighted by atomic mass is 32.2. The molecule has 2 atom stereocenters. The minimum atomic E-state index is -3.28. The average molecular weight is 517 g/mol. The smallest absolute Gasteiger partial charge is 0.230 e. The molecule has 0 spiro atoms. The maximum Gasteiger partial charge on any atom is 0.230 e. The fourth-order valence-corrected chi connectivity index (χ4v) is 6.13. The van der Waals surface area contributed by atoms with Crippen LogP contribution in [0.1, 0.15) is 60.2 Å². The van der Waals surface area contributed by atoms with Gasteiger partial charge in [0.05, 0.1) is 34.8 Å². The lowest BCUT2D eigenvalue weighted by Gasteiger charge is -2.32. The van der Waals surface area contributed by atoms with Crippen molar-refractivity contribution in [3.05, 3.63) is 69.7 Å². The molecular weight excluding hydrogens is 487 g/mol. The summed E-state index contributed by atoms with van der Waals surface area (Å²) in [5.74, 6) is -0.297. The number of nitrogens with one attached hydrogen (secondary N) is 1. The Hall–Kier alpha value is -2.69. The molecule has 1 N–H and O–H groups in total. The molecule has 10 heteroatoms. The maximum atomic E-state index is 14.6. The van der Waals surface area contributed by atoms with E-state index in [9.17, 15) is 17.6 Å². The topological polar surface area (TPSA) is 92.3 Å². The standard InChI is InChI=1S/C25H29FN4O3S2/c1-14(2)24-23-20(13-30(24)16(4)22-19(26)10-15(3)12-27-22)34-25(29-23)28-21(31)11-17-6-8-18(9-7-17)35(5,32)33/h6-10,12,14,16,24H,11,13H2,1-5H3,(H,28,29,31)/t16-,24+/m1/s1. The highest BCUT2D eigenvalue weighted by Crippen LogP contribution is 2.46. The first-order valence-corrected chi connectivity index (χ1v) is 14.1. The second-order valence-corrected chi connectivity index (χ2v) is 12.5. The summed E-state index contributed by atoms with van der Waals surface area (Å²) in [6.07, 6.45) is 2.95. The molecule has 0 bridgehead atoms. The Labute approximate surface area is 209 Å². The zero-order chi connectivity index (χ0) is 25.5. The highest BCUT2D eigenvalue weighted by molar-refractivity contribution is 7.90. The minimum absolute atomic E-state index is 0.0204. The molecule has 1 aromatic carbocycles. The molecule has 186 valence electrons. The van der Waals surface area contributed by atoms with Crippen LogP contribution in [0.4, 0.5) is 9.52 Å². The van der Waals surface area contributed by atoms with Crippen LogP contribution in [0.15, 0.2) is 41.4 Å². The van der Waals surface area contributed by atoms with Crippen LogP contribution in [-0.2, 0) is 27.6 Å².